The third kappa shape index (κ3) is 3.51. The average Bonchev–Trinajstić information content (AvgIpc) is 3.36. The van der Waals surface area contributed by atoms with Crippen molar-refractivity contribution < 1.29 is 0 Å². The number of alkyl halides is 2. The minimum absolute atomic E-state index is 0.882. The van der Waals surface area contributed by atoms with Gasteiger partial charge in [-0.25, -0.2) is 0 Å². The number of para-hydroxylation sites is 2. The Balaban J connectivity index is 1.39. The first-order chi connectivity index (χ1) is 16.3. The summed E-state index contributed by atoms with van der Waals surface area (Å²) in [6.07, 6.45) is 1.07. The third-order valence-corrected chi connectivity index (χ3v) is 8.04. The number of halogens is 2. The van der Waals surface area contributed by atoms with Crippen LogP contribution in [0.15, 0.2) is 84.9 Å². The zero-order valence-corrected chi connectivity index (χ0v) is 21.4. The Morgan fingerprint density at radius 1 is 0.485 bits per heavy atom. The Hall–Kier alpha value is -2.56. The number of benzene rings is 4. The minimum Gasteiger partial charge on any atom is -0.340 e. The van der Waals surface area contributed by atoms with Crippen molar-refractivity contribution in [3.8, 4) is 0 Å². The standard InChI is InChI=1S/C29H24Br2N2/c30-18-20-10-12-28-24(16-20)22-6-1-3-8-26(22)32(28)14-5-15-33-27-9-4-2-7-23(27)25-17-21(19-31)11-13-29(25)33/h1-4,6-13,16-17H,5,14-15,18-19H2. The summed E-state index contributed by atoms with van der Waals surface area (Å²) in [5, 5.41) is 7.15. The van der Waals surface area contributed by atoms with Crippen molar-refractivity contribution in [2.24, 2.45) is 0 Å². The van der Waals surface area contributed by atoms with Gasteiger partial charge in [0.15, 0.2) is 0 Å². The molecule has 0 aliphatic rings. The van der Waals surface area contributed by atoms with E-state index in [9.17, 15) is 0 Å². The first-order valence-corrected chi connectivity index (χ1v) is 13.6. The number of hydrogen-bond acceptors (Lipinski definition) is 0. The highest BCUT2D eigenvalue weighted by atomic mass is 79.9. The molecule has 4 aromatic carbocycles. The van der Waals surface area contributed by atoms with E-state index in [1.54, 1.807) is 0 Å². The lowest BCUT2D eigenvalue weighted by Crippen LogP contribution is -2.04. The summed E-state index contributed by atoms with van der Waals surface area (Å²) in [4.78, 5) is 0. The summed E-state index contributed by atoms with van der Waals surface area (Å²) in [6, 6.07) is 31.3. The molecule has 4 heteroatoms. The second-order valence-electron chi connectivity index (χ2n) is 8.66. The minimum atomic E-state index is 0.882. The first kappa shape index (κ1) is 21.0. The van der Waals surface area contributed by atoms with Crippen LogP contribution in [0.25, 0.3) is 43.6 Å². The van der Waals surface area contributed by atoms with Gasteiger partial charge in [-0.15, -0.1) is 0 Å². The van der Waals surface area contributed by atoms with E-state index in [1.807, 2.05) is 0 Å². The van der Waals surface area contributed by atoms with E-state index in [4.69, 9.17) is 0 Å². The maximum atomic E-state index is 3.61. The van der Waals surface area contributed by atoms with Crippen LogP contribution >= 0.6 is 31.9 Å². The molecule has 0 spiro atoms. The highest BCUT2D eigenvalue weighted by molar-refractivity contribution is 9.08. The Kier molecular flexibility index (Phi) is 5.51. The van der Waals surface area contributed by atoms with E-state index in [2.05, 4.69) is 126 Å². The van der Waals surface area contributed by atoms with Gasteiger partial charge in [0, 0.05) is 67.4 Å². The Morgan fingerprint density at radius 3 is 1.36 bits per heavy atom. The largest absolute Gasteiger partial charge is 0.340 e. The van der Waals surface area contributed by atoms with Crippen molar-refractivity contribution in [1.82, 2.24) is 9.13 Å². The highest BCUT2D eigenvalue weighted by Crippen LogP contribution is 2.32. The lowest BCUT2D eigenvalue weighted by Gasteiger charge is -2.11. The van der Waals surface area contributed by atoms with Crippen LogP contribution < -0.4 is 0 Å². The molecule has 0 bridgehead atoms. The third-order valence-electron chi connectivity index (χ3n) is 6.75. The average molecular weight is 560 g/mol. The number of fused-ring (bicyclic) bond motifs is 6. The van der Waals surface area contributed by atoms with Gasteiger partial charge in [-0.1, -0.05) is 80.4 Å². The zero-order valence-electron chi connectivity index (χ0n) is 18.3. The van der Waals surface area contributed by atoms with Gasteiger partial charge < -0.3 is 9.13 Å². The summed E-state index contributed by atoms with van der Waals surface area (Å²) in [5.74, 6) is 0. The van der Waals surface area contributed by atoms with Crippen molar-refractivity contribution >= 4 is 75.5 Å². The van der Waals surface area contributed by atoms with Crippen LogP contribution in [0.2, 0.25) is 0 Å². The van der Waals surface area contributed by atoms with Gasteiger partial charge in [0.1, 0.15) is 0 Å². The van der Waals surface area contributed by atoms with Crippen LogP contribution in [0, 0.1) is 0 Å². The fourth-order valence-electron chi connectivity index (χ4n) is 5.24. The van der Waals surface area contributed by atoms with Crippen LogP contribution in [0.1, 0.15) is 17.5 Å². The maximum absolute atomic E-state index is 3.61. The number of nitrogens with zero attached hydrogens (tertiary/aromatic N) is 2. The predicted octanol–water partition coefficient (Wildman–Crippen LogP) is 8.78. The molecule has 0 amide bonds. The van der Waals surface area contributed by atoms with Gasteiger partial charge in [-0.05, 0) is 53.9 Å². The molecule has 0 aliphatic heterocycles. The van der Waals surface area contributed by atoms with Crippen LogP contribution in [0.4, 0.5) is 0 Å². The van der Waals surface area contributed by atoms with Crippen molar-refractivity contribution in [3.05, 3.63) is 96.1 Å². The van der Waals surface area contributed by atoms with E-state index >= 15 is 0 Å². The summed E-state index contributed by atoms with van der Waals surface area (Å²) < 4.78 is 5.00. The normalized spacial score (nSPS) is 11.9. The predicted molar refractivity (Wildman–Crippen MR) is 149 cm³/mol. The van der Waals surface area contributed by atoms with E-state index < -0.39 is 0 Å². The second-order valence-corrected chi connectivity index (χ2v) is 9.78. The molecule has 33 heavy (non-hydrogen) atoms. The molecule has 2 heterocycles. The van der Waals surface area contributed by atoms with Crippen molar-refractivity contribution in [2.75, 3.05) is 0 Å². The molecule has 2 aromatic heterocycles. The Labute approximate surface area is 210 Å². The fraction of sp³-hybridized carbons (Fsp3) is 0.172. The second kappa shape index (κ2) is 8.66. The summed E-state index contributed by atoms with van der Waals surface area (Å²) in [6.45, 7) is 1.98. The van der Waals surface area contributed by atoms with Crippen LogP contribution in [0.3, 0.4) is 0 Å². The summed E-state index contributed by atoms with van der Waals surface area (Å²) >= 11 is 7.23. The van der Waals surface area contributed by atoms with E-state index in [0.29, 0.717) is 0 Å². The topological polar surface area (TPSA) is 9.86 Å². The van der Waals surface area contributed by atoms with Gasteiger partial charge in [-0.2, -0.15) is 0 Å². The fourth-order valence-corrected chi connectivity index (χ4v) is 5.93. The number of aryl methyl sites for hydroxylation is 2. The molecule has 0 aliphatic carbocycles. The summed E-state index contributed by atoms with van der Waals surface area (Å²) in [5.41, 5.74) is 7.93. The molecule has 0 fully saturated rings. The highest BCUT2D eigenvalue weighted by Gasteiger charge is 2.13. The van der Waals surface area contributed by atoms with E-state index in [0.717, 1.165) is 30.2 Å². The van der Waals surface area contributed by atoms with Gasteiger partial charge in [0.25, 0.3) is 0 Å². The molecular weight excluding hydrogens is 536 g/mol. The molecule has 0 saturated heterocycles. The van der Waals surface area contributed by atoms with Gasteiger partial charge in [-0.3, -0.25) is 0 Å². The van der Waals surface area contributed by atoms with Crippen molar-refractivity contribution in [1.29, 1.82) is 0 Å². The molecule has 164 valence electrons. The monoisotopic (exact) mass is 558 g/mol. The molecule has 0 unspecified atom stereocenters. The zero-order chi connectivity index (χ0) is 22.4. The molecule has 0 radical (unpaired) electrons. The summed E-state index contributed by atoms with van der Waals surface area (Å²) in [7, 11) is 0. The molecule has 6 rings (SSSR count). The molecule has 0 saturated carbocycles. The number of rotatable bonds is 6. The molecule has 2 nitrogen and oxygen atoms in total. The lowest BCUT2D eigenvalue weighted by atomic mass is 10.1. The van der Waals surface area contributed by atoms with Crippen LogP contribution in [-0.4, -0.2) is 9.13 Å². The molecular formula is C29H24Br2N2. The molecule has 0 atom stereocenters. The first-order valence-electron chi connectivity index (χ1n) is 11.4. The van der Waals surface area contributed by atoms with Crippen molar-refractivity contribution in [3.63, 3.8) is 0 Å². The van der Waals surface area contributed by atoms with Gasteiger partial charge in [0.05, 0.1) is 0 Å². The quantitative estimate of drug-likeness (QED) is 0.180. The van der Waals surface area contributed by atoms with Crippen molar-refractivity contribution in [2.45, 2.75) is 30.2 Å². The van der Waals surface area contributed by atoms with E-state index in [-0.39, 0.29) is 0 Å². The Morgan fingerprint density at radius 2 is 0.909 bits per heavy atom. The SMILES string of the molecule is BrCc1ccc2c(c1)c1ccccc1n2CCCn1c2ccccc2c2cc(CBr)ccc21. The van der Waals surface area contributed by atoms with Crippen LogP contribution in [0.5, 0.6) is 0 Å². The van der Waals surface area contributed by atoms with Gasteiger partial charge >= 0.3 is 0 Å². The van der Waals surface area contributed by atoms with E-state index in [1.165, 1.54) is 54.7 Å². The van der Waals surface area contributed by atoms with Gasteiger partial charge in [0.2, 0.25) is 0 Å². The molecule has 6 aromatic rings. The van der Waals surface area contributed by atoms with Crippen LogP contribution in [-0.2, 0) is 23.7 Å². The number of hydrogen-bond donors (Lipinski definition) is 0. The maximum Gasteiger partial charge on any atom is 0.0491 e. The molecule has 0 N–H and O–H groups in total. The Bertz CT molecular complexity index is 1500. The lowest BCUT2D eigenvalue weighted by molar-refractivity contribution is 0.603. The number of aromatic nitrogens is 2. The smallest absolute Gasteiger partial charge is 0.0491 e.